The number of hydrogen-bond acceptors (Lipinski definition) is 5. The molecule has 21 heavy (non-hydrogen) atoms. The lowest BCUT2D eigenvalue weighted by Gasteiger charge is -2.24. The predicted octanol–water partition coefficient (Wildman–Crippen LogP) is 2.25. The molecule has 0 unspecified atom stereocenters. The molecule has 0 bridgehead atoms. The molecule has 0 radical (unpaired) electrons. The van der Waals surface area contributed by atoms with Crippen LogP contribution in [0.25, 0.3) is 0 Å². The second-order valence-electron chi connectivity index (χ2n) is 5.80. The van der Waals surface area contributed by atoms with E-state index in [9.17, 15) is 9.00 Å². The molecule has 0 aromatic carbocycles. The van der Waals surface area contributed by atoms with Gasteiger partial charge in [0.15, 0.2) is 0 Å². The second kappa shape index (κ2) is 6.27. The summed E-state index contributed by atoms with van der Waals surface area (Å²) in [5, 5.41) is 0.303. The second-order valence-corrected chi connectivity index (χ2v) is 7.82. The van der Waals surface area contributed by atoms with Gasteiger partial charge < -0.3 is 9.64 Å². The maximum Gasteiger partial charge on any atom is 0.410 e. The molecule has 1 saturated heterocycles. The predicted molar refractivity (Wildman–Crippen MR) is 79.7 cm³/mol. The molecule has 1 aromatic rings. The highest BCUT2D eigenvalue weighted by atomic mass is 35.5. The zero-order valence-corrected chi connectivity index (χ0v) is 13.8. The Balaban J connectivity index is 1.99. The molecule has 1 amide bonds. The minimum absolute atomic E-state index is 0.0721. The maximum atomic E-state index is 12.4. The topological polar surface area (TPSA) is 72.4 Å². The van der Waals surface area contributed by atoms with Gasteiger partial charge in [-0.25, -0.2) is 14.8 Å². The van der Waals surface area contributed by atoms with Crippen molar-refractivity contribution in [3.63, 3.8) is 0 Å². The monoisotopic (exact) mass is 331 g/mol. The zero-order chi connectivity index (χ0) is 15.6. The summed E-state index contributed by atoms with van der Waals surface area (Å²) in [5.74, 6) is 0. The van der Waals surface area contributed by atoms with Gasteiger partial charge in [0.1, 0.15) is 10.6 Å². The summed E-state index contributed by atoms with van der Waals surface area (Å²) in [4.78, 5) is 21.3. The molecule has 1 aromatic heterocycles. The van der Waals surface area contributed by atoms with E-state index in [0.29, 0.717) is 24.5 Å². The van der Waals surface area contributed by atoms with E-state index in [1.54, 1.807) is 11.0 Å². The van der Waals surface area contributed by atoms with E-state index in [2.05, 4.69) is 9.97 Å². The van der Waals surface area contributed by atoms with Crippen LogP contribution in [-0.4, -0.2) is 49.1 Å². The van der Waals surface area contributed by atoms with Crippen molar-refractivity contribution in [2.75, 3.05) is 13.1 Å². The van der Waals surface area contributed by atoms with Crippen molar-refractivity contribution < 1.29 is 13.7 Å². The quantitative estimate of drug-likeness (QED) is 0.614. The number of halogens is 1. The zero-order valence-electron chi connectivity index (χ0n) is 12.2. The van der Waals surface area contributed by atoms with Crippen LogP contribution in [0.4, 0.5) is 4.79 Å². The van der Waals surface area contributed by atoms with Crippen LogP contribution in [0.5, 0.6) is 0 Å². The third-order valence-electron chi connectivity index (χ3n) is 2.91. The summed E-state index contributed by atoms with van der Waals surface area (Å²) in [7, 11) is -1.31. The molecule has 1 aliphatic rings. The van der Waals surface area contributed by atoms with E-state index in [-0.39, 0.29) is 16.6 Å². The van der Waals surface area contributed by atoms with Crippen molar-refractivity contribution in [2.24, 2.45) is 0 Å². The van der Waals surface area contributed by atoms with E-state index >= 15 is 0 Å². The molecule has 8 heteroatoms. The van der Waals surface area contributed by atoms with Gasteiger partial charge in [-0.15, -0.1) is 0 Å². The van der Waals surface area contributed by atoms with E-state index in [4.69, 9.17) is 16.3 Å². The summed E-state index contributed by atoms with van der Waals surface area (Å²) in [6, 6.07) is 1.58. The van der Waals surface area contributed by atoms with E-state index in [0.717, 1.165) is 0 Å². The van der Waals surface area contributed by atoms with Crippen molar-refractivity contribution in [3.05, 3.63) is 17.5 Å². The van der Waals surface area contributed by atoms with Crippen molar-refractivity contribution in [1.29, 1.82) is 0 Å². The summed E-state index contributed by atoms with van der Waals surface area (Å²) in [5.41, 5.74) is -0.533. The van der Waals surface area contributed by atoms with E-state index < -0.39 is 16.4 Å². The van der Waals surface area contributed by atoms with Gasteiger partial charge in [0.2, 0.25) is 5.28 Å². The van der Waals surface area contributed by atoms with Gasteiger partial charge in [-0.2, -0.15) is 0 Å². The SMILES string of the molecule is CC(C)(C)OC(=O)N1CC[C@@H]([S@@](=O)c2ccnc(Cl)n2)C1. The first kappa shape index (κ1) is 16.2. The number of hydrogen-bond donors (Lipinski definition) is 0. The van der Waals surface area contributed by atoms with Gasteiger partial charge in [-0.05, 0) is 44.9 Å². The van der Waals surface area contributed by atoms with Crippen LogP contribution in [0.2, 0.25) is 5.28 Å². The number of amides is 1. The Morgan fingerprint density at radius 3 is 2.86 bits per heavy atom. The fraction of sp³-hybridized carbons (Fsp3) is 0.615. The van der Waals surface area contributed by atoms with Crippen molar-refractivity contribution in [1.82, 2.24) is 14.9 Å². The summed E-state index contributed by atoms with van der Waals surface area (Å²) >= 11 is 5.71. The fourth-order valence-corrected chi connectivity index (χ4v) is 3.54. The Hall–Kier alpha value is -1.21. The highest BCUT2D eigenvalue weighted by molar-refractivity contribution is 7.85. The molecule has 0 aliphatic carbocycles. The molecule has 1 fully saturated rings. The number of carbonyl (C=O) groups excluding carboxylic acids is 1. The molecule has 116 valence electrons. The first-order valence-corrected chi connectivity index (χ1v) is 8.22. The van der Waals surface area contributed by atoms with E-state index in [1.165, 1.54) is 6.20 Å². The number of likely N-dealkylation sites (tertiary alicyclic amines) is 1. The molecule has 2 heterocycles. The Morgan fingerprint density at radius 1 is 1.52 bits per heavy atom. The van der Waals surface area contributed by atoms with Gasteiger partial charge in [0.05, 0.1) is 16.0 Å². The highest BCUT2D eigenvalue weighted by Gasteiger charge is 2.33. The van der Waals surface area contributed by atoms with Crippen LogP contribution in [0.1, 0.15) is 27.2 Å². The normalized spacial score (nSPS) is 20.4. The standard InChI is InChI=1S/C13H18ClN3O3S/c1-13(2,3)20-12(18)17-7-5-9(8-17)21(19)10-4-6-15-11(14)16-10/h4,6,9H,5,7-8H2,1-3H3/t9-,21-/m1/s1. The largest absolute Gasteiger partial charge is 0.444 e. The lowest BCUT2D eigenvalue weighted by molar-refractivity contribution is 0.0295. The van der Waals surface area contributed by atoms with Crippen molar-refractivity contribution >= 4 is 28.5 Å². The van der Waals surface area contributed by atoms with Crippen LogP contribution < -0.4 is 0 Å². The molecule has 2 rings (SSSR count). The number of ether oxygens (including phenoxy) is 1. The minimum Gasteiger partial charge on any atom is -0.444 e. The molecular weight excluding hydrogens is 314 g/mol. The lowest BCUT2D eigenvalue weighted by Crippen LogP contribution is -2.36. The third-order valence-corrected chi connectivity index (χ3v) is 4.72. The third kappa shape index (κ3) is 4.38. The van der Waals surface area contributed by atoms with Gasteiger partial charge in [0.25, 0.3) is 0 Å². The fourth-order valence-electron chi connectivity index (χ4n) is 2.00. The molecule has 0 N–H and O–H groups in total. The number of aromatic nitrogens is 2. The first-order valence-electron chi connectivity index (χ1n) is 6.63. The number of rotatable bonds is 2. The van der Waals surface area contributed by atoms with Crippen LogP contribution in [0.3, 0.4) is 0 Å². The summed E-state index contributed by atoms with van der Waals surface area (Å²) in [6.45, 7) is 6.38. The Bertz CT molecular complexity index is 562. The Labute approximate surface area is 131 Å². The van der Waals surface area contributed by atoms with Crippen molar-refractivity contribution in [2.45, 2.75) is 43.1 Å². The van der Waals surface area contributed by atoms with Gasteiger partial charge in [0, 0.05) is 19.3 Å². The first-order chi connectivity index (χ1) is 9.76. The van der Waals surface area contributed by atoms with Gasteiger partial charge >= 0.3 is 6.09 Å². The van der Waals surface area contributed by atoms with Gasteiger partial charge in [-0.3, -0.25) is 4.21 Å². The highest BCUT2D eigenvalue weighted by Crippen LogP contribution is 2.21. The van der Waals surface area contributed by atoms with Crippen LogP contribution in [-0.2, 0) is 15.5 Å². The van der Waals surface area contributed by atoms with E-state index in [1.807, 2.05) is 20.8 Å². The van der Waals surface area contributed by atoms with Crippen LogP contribution in [0, 0.1) is 0 Å². The molecule has 0 spiro atoms. The maximum absolute atomic E-state index is 12.4. The Morgan fingerprint density at radius 2 is 2.24 bits per heavy atom. The average molecular weight is 332 g/mol. The Kier molecular flexibility index (Phi) is 4.83. The van der Waals surface area contributed by atoms with Gasteiger partial charge in [-0.1, -0.05) is 0 Å². The number of nitrogens with zero attached hydrogens (tertiary/aromatic N) is 3. The smallest absolute Gasteiger partial charge is 0.410 e. The molecule has 6 nitrogen and oxygen atoms in total. The molecule has 2 atom stereocenters. The summed E-state index contributed by atoms with van der Waals surface area (Å²) in [6.07, 6.45) is 1.75. The van der Waals surface area contributed by atoms with Crippen LogP contribution >= 0.6 is 11.6 Å². The van der Waals surface area contributed by atoms with Crippen LogP contribution in [0.15, 0.2) is 17.3 Å². The van der Waals surface area contributed by atoms with Crippen molar-refractivity contribution in [3.8, 4) is 0 Å². The molecule has 0 saturated carbocycles. The average Bonchev–Trinajstić information content (AvgIpc) is 2.85. The molecular formula is C13H18ClN3O3S. The lowest BCUT2D eigenvalue weighted by atomic mass is 10.2. The minimum atomic E-state index is -1.31. The summed E-state index contributed by atoms with van der Waals surface area (Å²) < 4.78 is 17.8. The number of carbonyl (C=O) groups is 1. The molecule has 1 aliphatic heterocycles.